The second-order valence-electron chi connectivity index (χ2n) is 4.58. The van der Waals surface area contributed by atoms with Gasteiger partial charge in [-0.3, -0.25) is 4.98 Å². The molecule has 19 heavy (non-hydrogen) atoms. The molecular weight excluding hydrogens is 325 g/mol. The summed E-state index contributed by atoms with van der Waals surface area (Å²) >= 11 is 0. The van der Waals surface area contributed by atoms with Crippen LogP contribution in [0.5, 0.6) is 0 Å². The van der Waals surface area contributed by atoms with Gasteiger partial charge in [-0.25, -0.2) is 0 Å². The van der Waals surface area contributed by atoms with E-state index in [4.69, 9.17) is 0 Å². The van der Waals surface area contributed by atoms with Crippen LogP contribution in [-0.2, 0) is 19.5 Å². The standard InChI is InChI=1S/C15H12N3.Rh/c1-9-12-8-17-15-14(12)11(6-7-16-15)10-4-2-3-5-13(10)18-9;/h2-8,18H,1H3,(H,16,17);/q-1;. The molecule has 0 aliphatic carbocycles. The Hall–Kier alpha value is -1.80. The van der Waals surface area contributed by atoms with Gasteiger partial charge in [0.05, 0.1) is 5.65 Å². The number of hydrogen-bond donors (Lipinski definition) is 2. The molecule has 3 nitrogen and oxygen atoms in total. The van der Waals surface area contributed by atoms with Crippen molar-refractivity contribution in [1.29, 1.82) is 0 Å². The molecule has 1 aliphatic heterocycles. The van der Waals surface area contributed by atoms with Gasteiger partial charge in [-0.2, -0.15) is 0 Å². The Morgan fingerprint density at radius 1 is 1.11 bits per heavy atom. The molecule has 0 unspecified atom stereocenters. The summed E-state index contributed by atoms with van der Waals surface area (Å²) in [4.78, 5) is 7.63. The van der Waals surface area contributed by atoms with E-state index in [-0.39, 0.29) is 19.5 Å². The molecule has 1 radical (unpaired) electrons. The molecule has 0 spiro atoms. The van der Waals surface area contributed by atoms with Crippen LogP contribution in [-0.4, -0.2) is 9.97 Å². The Morgan fingerprint density at radius 2 is 1.95 bits per heavy atom. The van der Waals surface area contributed by atoms with Crippen LogP contribution in [0.25, 0.3) is 22.2 Å². The normalized spacial score (nSPS) is 12.4. The van der Waals surface area contributed by atoms with Crippen LogP contribution < -0.4 is 5.32 Å². The minimum Gasteiger partial charge on any atom is -0.411 e. The summed E-state index contributed by atoms with van der Waals surface area (Å²) < 4.78 is 0. The van der Waals surface area contributed by atoms with Crippen molar-refractivity contribution >= 4 is 16.7 Å². The number of aromatic nitrogens is 2. The van der Waals surface area contributed by atoms with Gasteiger partial charge in [0.1, 0.15) is 0 Å². The number of fused-ring (bicyclic) bond motifs is 2. The summed E-state index contributed by atoms with van der Waals surface area (Å²) in [5.41, 5.74) is 5.75. The minimum absolute atomic E-state index is 0. The van der Waals surface area contributed by atoms with Crippen molar-refractivity contribution in [3.05, 3.63) is 54.3 Å². The maximum atomic E-state index is 4.40. The Bertz CT molecular complexity index is 748. The predicted molar refractivity (Wildman–Crippen MR) is 73.2 cm³/mol. The Labute approximate surface area is 124 Å². The molecule has 0 atom stereocenters. The number of H-pyrrole nitrogens is 1. The van der Waals surface area contributed by atoms with E-state index < -0.39 is 0 Å². The molecule has 0 fully saturated rings. The molecule has 3 heterocycles. The summed E-state index contributed by atoms with van der Waals surface area (Å²) in [6.45, 7) is 2.10. The van der Waals surface area contributed by atoms with Gasteiger partial charge in [0, 0.05) is 31.4 Å². The van der Waals surface area contributed by atoms with E-state index in [2.05, 4.69) is 52.5 Å². The average Bonchev–Trinajstić information content (AvgIpc) is 2.78. The molecule has 1 aliphatic rings. The summed E-state index contributed by atoms with van der Waals surface area (Å²) in [6, 6.07) is 11.6. The number of anilines is 1. The van der Waals surface area contributed by atoms with E-state index in [1.807, 2.05) is 12.4 Å². The molecule has 4 heteroatoms. The number of pyridine rings is 1. The number of nitrogens with one attached hydrogen (secondary N) is 2. The van der Waals surface area contributed by atoms with Crippen molar-refractivity contribution < 1.29 is 19.5 Å². The summed E-state index contributed by atoms with van der Waals surface area (Å²) in [5, 5.41) is 4.69. The minimum atomic E-state index is 0. The van der Waals surface area contributed by atoms with Crippen LogP contribution in [0.15, 0.2) is 42.7 Å². The molecule has 0 amide bonds. The van der Waals surface area contributed by atoms with Crippen LogP contribution in [0.2, 0.25) is 0 Å². The van der Waals surface area contributed by atoms with Crippen molar-refractivity contribution in [2.45, 2.75) is 6.92 Å². The first-order chi connectivity index (χ1) is 8.84. The molecular formula is C15H12N3Rh-. The first kappa shape index (κ1) is 12.2. The molecule has 1 aromatic carbocycles. The van der Waals surface area contributed by atoms with Gasteiger partial charge in [-0.15, -0.1) is 5.56 Å². The van der Waals surface area contributed by atoms with Gasteiger partial charge in [-0.05, 0) is 17.7 Å². The molecule has 2 N–H and O–H groups in total. The maximum absolute atomic E-state index is 4.40. The Balaban J connectivity index is 0.00000110. The van der Waals surface area contributed by atoms with Crippen molar-refractivity contribution in [3.8, 4) is 11.1 Å². The van der Waals surface area contributed by atoms with E-state index in [0.717, 1.165) is 17.4 Å². The number of para-hydroxylation sites is 1. The maximum Gasteiger partial charge on any atom is 0.0702 e. The predicted octanol–water partition coefficient (Wildman–Crippen LogP) is 3.55. The average molecular weight is 337 g/mol. The molecule has 4 rings (SSSR count). The molecule has 0 saturated carbocycles. The van der Waals surface area contributed by atoms with Crippen molar-refractivity contribution in [3.63, 3.8) is 0 Å². The molecule has 97 valence electrons. The number of nitrogens with zero attached hydrogens (tertiary/aromatic N) is 1. The number of benzene rings is 1. The van der Waals surface area contributed by atoms with Crippen molar-refractivity contribution in [2.75, 3.05) is 5.32 Å². The largest absolute Gasteiger partial charge is 0.411 e. The number of rotatable bonds is 0. The van der Waals surface area contributed by atoms with Gasteiger partial charge in [0.25, 0.3) is 0 Å². The van der Waals surface area contributed by atoms with Crippen LogP contribution in [0.1, 0.15) is 12.5 Å². The van der Waals surface area contributed by atoms with Crippen LogP contribution >= 0.6 is 0 Å². The van der Waals surface area contributed by atoms with E-state index in [1.54, 1.807) is 0 Å². The third kappa shape index (κ3) is 1.67. The quantitative estimate of drug-likeness (QED) is 0.487. The first-order valence-corrected chi connectivity index (χ1v) is 6.01. The number of aromatic amines is 1. The SMILES string of the molecule is C[C-]1Nc2ccccc2-c2ccnc3[nH]cc1c23.[Rh]. The fourth-order valence-electron chi connectivity index (χ4n) is 2.67. The topological polar surface area (TPSA) is 40.7 Å². The molecule has 2 aromatic heterocycles. The fourth-order valence-corrected chi connectivity index (χ4v) is 2.67. The summed E-state index contributed by atoms with van der Waals surface area (Å²) in [6.07, 6.45) is 3.88. The van der Waals surface area contributed by atoms with Gasteiger partial charge >= 0.3 is 0 Å². The van der Waals surface area contributed by atoms with Gasteiger partial charge < -0.3 is 10.3 Å². The monoisotopic (exact) mass is 337 g/mol. The van der Waals surface area contributed by atoms with E-state index in [9.17, 15) is 0 Å². The Kier molecular flexibility index (Phi) is 2.83. The third-order valence-corrected chi connectivity index (χ3v) is 3.52. The van der Waals surface area contributed by atoms with Crippen LogP contribution in [0.3, 0.4) is 0 Å². The van der Waals surface area contributed by atoms with Crippen LogP contribution in [0.4, 0.5) is 5.69 Å². The summed E-state index contributed by atoms with van der Waals surface area (Å²) in [5.74, 6) is 0. The fraction of sp³-hybridized carbons (Fsp3) is 0.0667. The Morgan fingerprint density at radius 3 is 2.84 bits per heavy atom. The zero-order chi connectivity index (χ0) is 12.1. The van der Waals surface area contributed by atoms with Gasteiger partial charge in [0.2, 0.25) is 0 Å². The third-order valence-electron chi connectivity index (χ3n) is 3.52. The molecule has 0 saturated heterocycles. The van der Waals surface area contributed by atoms with E-state index in [0.29, 0.717) is 0 Å². The van der Waals surface area contributed by atoms with Gasteiger partial charge in [0.15, 0.2) is 0 Å². The number of hydrogen-bond acceptors (Lipinski definition) is 2. The van der Waals surface area contributed by atoms with E-state index in [1.165, 1.54) is 22.1 Å². The van der Waals surface area contributed by atoms with Gasteiger partial charge in [-0.1, -0.05) is 48.3 Å². The first-order valence-electron chi connectivity index (χ1n) is 6.01. The summed E-state index contributed by atoms with van der Waals surface area (Å²) in [7, 11) is 0. The smallest absolute Gasteiger partial charge is 0.0702 e. The molecule has 0 bridgehead atoms. The van der Waals surface area contributed by atoms with Crippen LogP contribution in [0, 0.1) is 6.04 Å². The van der Waals surface area contributed by atoms with Crippen molar-refractivity contribution in [2.24, 2.45) is 0 Å². The second kappa shape index (κ2) is 4.39. The zero-order valence-electron chi connectivity index (χ0n) is 10.3. The zero-order valence-corrected chi connectivity index (χ0v) is 12.0. The molecule has 3 aromatic rings. The van der Waals surface area contributed by atoms with E-state index >= 15 is 0 Å². The van der Waals surface area contributed by atoms with Crippen molar-refractivity contribution in [1.82, 2.24) is 9.97 Å². The second-order valence-corrected chi connectivity index (χ2v) is 4.58.